The SMILES string of the molecule is O.[NH3+]c1cc(S(=O)(=O)[O-])cc2cc(S(=O)(=O)[O-])cc(O)c12.[Na+]. The molecule has 2 rings (SSSR count). The van der Waals surface area contributed by atoms with Crippen LogP contribution >= 0.6 is 0 Å². The molecule has 12 heteroatoms. The van der Waals surface area contributed by atoms with Crippen molar-refractivity contribution in [2.24, 2.45) is 0 Å². The molecule has 22 heavy (non-hydrogen) atoms. The largest absolute Gasteiger partial charge is 1.00 e. The standard InChI is InChI=1S/C10H9NO7S2.Na.H2O/c11-8-3-6(19(13,14)15)1-5-2-7(20(16,17)18)4-9(12)10(5)8;;/h1-4,12H,11H2,(H,13,14,15)(H,16,17,18);;1H2/q;+1;/p-1. The smallest absolute Gasteiger partial charge is 0.744 e. The van der Waals surface area contributed by atoms with Gasteiger partial charge in [0.05, 0.1) is 15.2 Å². The van der Waals surface area contributed by atoms with E-state index in [4.69, 9.17) is 0 Å². The summed E-state index contributed by atoms with van der Waals surface area (Å²) in [4.78, 5) is -1.36. The maximum atomic E-state index is 11.0. The van der Waals surface area contributed by atoms with Gasteiger partial charge in [-0.2, -0.15) is 0 Å². The van der Waals surface area contributed by atoms with Crippen molar-refractivity contribution >= 4 is 36.7 Å². The Balaban J connectivity index is 0.00000220. The quantitative estimate of drug-likeness (QED) is 0.397. The molecule has 6 N–H and O–H groups in total. The number of rotatable bonds is 2. The monoisotopic (exact) mass is 359 g/mol. The van der Waals surface area contributed by atoms with Crippen LogP contribution < -0.4 is 35.3 Å². The van der Waals surface area contributed by atoms with Crippen LogP contribution in [0.5, 0.6) is 5.75 Å². The predicted octanol–water partition coefficient (Wildman–Crippen LogP) is -4.59. The van der Waals surface area contributed by atoms with Gasteiger partial charge in [-0.05, 0) is 23.6 Å². The Morgan fingerprint density at radius 3 is 1.73 bits per heavy atom. The molecule has 9 nitrogen and oxygen atoms in total. The van der Waals surface area contributed by atoms with E-state index in [2.05, 4.69) is 5.73 Å². The van der Waals surface area contributed by atoms with Gasteiger partial charge in [0, 0.05) is 6.07 Å². The Morgan fingerprint density at radius 2 is 1.32 bits per heavy atom. The van der Waals surface area contributed by atoms with E-state index in [0.29, 0.717) is 0 Å². The first-order chi connectivity index (χ1) is 9.00. The zero-order valence-corrected chi connectivity index (χ0v) is 14.9. The minimum Gasteiger partial charge on any atom is -0.744 e. The fourth-order valence-corrected chi connectivity index (χ4v) is 2.90. The van der Waals surface area contributed by atoms with E-state index in [1.165, 1.54) is 0 Å². The summed E-state index contributed by atoms with van der Waals surface area (Å²) >= 11 is 0. The van der Waals surface area contributed by atoms with Gasteiger partial charge >= 0.3 is 29.6 Å². The van der Waals surface area contributed by atoms with Gasteiger partial charge in [-0.25, -0.2) is 16.8 Å². The van der Waals surface area contributed by atoms with Gasteiger partial charge in [0.15, 0.2) is 0 Å². The molecular weight excluding hydrogens is 349 g/mol. The number of quaternary nitrogens is 1. The molecular formula is C10H10NNaO8S2. The van der Waals surface area contributed by atoms with Crippen molar-refractivity contribution in [1.82, 2.24) is 0 Å². The summed E-state index contributed by atoms with van der Waals surface area (Å²) in [7, 11) is -9.61. The Labute approximate surface area is 147 Å². The molecule has 0 fully saturated rings. The van der Waals surface area contributed by atoms with E-state index in [1.54, 1.807) is 0 Å². The molecule has 0 atom stereocenters. The average molecular weight is 359 g/mol. The Morgan fingerprint density at radius 1 is 0.909 bits per heavy atom. The van der Waals surface area contributed by atoms with Gasteiger partial charge in [0.25, 0.3) is 0 Å². The average Bonchev–Trinajstić information content (AvgIpc) is 2.25. The van der Waals surface area contributed by atoms with Gasteiger partial charge in [-0.3, -0.25) is 0 Å². The van der Waals surface area contributed by atoms with E-state index in [-0.39, 0.29) is 51.5 Å². The van der Waals surface area contributed by atoms with Crippen molar-refractivity contribution in [2.75, 3.05) is 0 Å². The molecule has 116 valence electrons. The van der Waals surface area contributed by atoms with Crippen LogP contribution in [0.3, 0.4) is 0 Å². The van der Waals surface area contributed by atoms with Gasteiger partial charge in [0.2, 0.25) is 0 Å². The number of fused-ring (bicyclic) bond motifs is 1. The molecule has 0 bridgehead atoms. The van der Waals surface area contributed by atoms with Crippen molar-refractivity contribution in [3.05, 3.63) is 24.3 Å². The van der Waals surface area contributed by atoms with Crippen LogP contribution in [0.25, 0.3) is 10.8 Å². The number of phenols is 1. The third-order valence-electron chi connectivity index (χ3n) is 2.63. The maximum Gasteiger partial charge on any atom is 1.00 e. The van der Waals surface area contributed by atoms with Crippen molar-refractivity contribution in [1.29, 1.82) is 0 Å². The molecule has 0 heterocycles. The van der Waals surface area contributed by atoms with Gasteiger partial charge < -0.3 is 25.4 Å². The zero-order chi connectivity index (χ0) is 15.3. The molecule has 2 aromatic carbocycles. The van der Waals surface area contributed by atoms with Gasteiger partial charge in [-0.1, -0.05) is 0 Å². The van der Waals surface area contributed by atoms with E-state index >= 15 is 0 Å². The van der Waals surface area contributed by atoms with Crippen LogP contribution in [-0.2, 0) is 20.2 Å². The van der Waals surface area contributed by atoms with E-state index in [0.717, 1.165) is 24.3 Å². The number of hydrogen-bond donors (Lipinski definition) is 2. The minimum atomic E-state index is -4.84. The first-order valence-corrected chi connectivity index (χ1v) is 7.86. The van der Waals surface area contributed by atoms with E-state index < -0.39 is 35.8 Å². The summed E-state index contributed by atoms with van der Waals surface area (Å²) in [6.45, 7) is 0. The number of phenolic OH excluding ortho intramolecular Hbond substituents is 1. The van der Waals surface area contributed by atoms with Crippen molar-refractivity contribution in [3.63, 3.8) is 0 Å². The van der Waals surface area contributed by atoms with Crippen LogP contribution in [-0.4, -0.2) is 36.5 Å². The molecule has 0 unspecified atom stereocenters. The summed E-state index contributed by atoms with van der Waals surface area (Å²) in [6, 6.07) is 3.45. The molecule has 2 aromatic rings. The third-order valence-corrected chi connectivity index (χ3v) is 4.26. The fourth-order valence-electron chi connectivity index (χ4n) is 1.81. The molecule has 0 radical (unpaired) electrons. The van der Waals surface area contributed by atoms with Gasteiger partial charge in [-0.15, -0.1) is 0 Å². The molecule has 0 saturated carbocycles. The second-order valence-electron chi connectivity index (χ2n) is 4.03. The predicted molar refractivity (Wildman–Crippen MR) is 67.7 cm³/mol. The van der Waals surface area contributed by atoms with Crippen LogP contribution in [0.4, 0.5) is 5.69 Å². The third kappa shape index (κ3) is 4.16. The Hall–Kier alpha value is -0.760. The molecule has 0 spiro atoms. The maximum absolute atomic E-state index is 11.0. The Kier molecular flexibility index (Phi) is 6.55. The van der Waals surface area contributed by atoms with E-state index in [9.17, 15) is 31.0 Å². The summed E-state index contributed by atoms with van der Waals surface area (Å²) in [6.07, 6.45) is 0. The molecule has 0 aliphatic rings. The zero-order valence-electron chi connectivity index (χ0n) is 11.2. The van der Waals surface area contributed by atoms with Crippen molar-refractivity contribution in [3.8, 4) is 5.75 Å². The molecule has 0 aliphatic carbocycles. The minimum absolute atomic E-state index is 0. The normalized spacial score (nSPS) is 11.6. The number of aromatic hydroxyl groups is 1. The van der Waals surface area contributed by atoms with Crippen molar-refractivity contribution < 1.29 is 71.8 Å². The van der Waals surface area contributed by atoms with Crippen molar-refractivity contribution in [2.45, 2.75) is 9.79 Å². The topological polar surface area (TPSA) is 194 Å². The Bertz CT molecular complexity index is 851. The molecule has 0 amide bonds. The summed E-state index contributed by atoms with van der Waals surface area (Å²) in [5.74, 6) is -0.545. The van der Waals surface area contributed by atoms with Gasteiger partial charge in [0.1, 0.15) is 31.7 Å². The summed E-state index contributed by atoms with van der Waals surface area (Å²) in [5.41, 5.74) is 3.50. The van der Waals surface area contributed by atoms with Crippen LogP contribution in [0.2, 0.25) is 0 Å². The fraction of sp³-hybridized carbons (Fsp3) is 0. The summed E-state index contributed by atoms with van der Waals surface area (Å²) < 4.78 is 65.7. The molecule has 0 aliphatic heterocycles. The number of hydrogen-bond acceptors (Lipinski definition) is 7. The van der Waals surface area contributed by atoms with Crippen LogP contribution in [0, 0.1) is 0 Å². The second-order valence-corrected chi connectivity index (χ2v) is 6.79. The molecule has 0 saturated heterocycles. The van der Waals surface area contributed by atoms with Crippen LogP contribution in [0.1, 0.15) is 0 Å². The van der Waals surface area contributed by atoms with E-state index in [1.807, 2.05) is 0 Å². The second kappa shape index (κ2) is 6.78. The number of benzene rings is 2. The first-order valence-electron chi connectivity index (χ1n) is 5.04. The summed E-state index contributed by atoms with van der Waals surface area (Å²) in [5, 5.41) is 9.70. The van der Waals surface area contributed by atoms with Crippen LogP contribution in [0.15, 0.2) is 34.1 Å². The molecule has 0 aromatic heterocycles. The first kappa shape index (κ1) is 21.2.